The van der Waals surface area contributed by atoms with Crippen molar-refractivity contribution >= 4 is 77.3 Å². The van der Waals surface area contributed by atoms with Crippen LogP contribution in [0.4, 0.5) is 0 Å². The van der Waals surface area contributed by atoms with Crippen LogP contribution < -0.4 is 32.3 Å². The predicted octanol–water partition coefficient (Wildman–Crippen LogP) is 2.53. The molecule has 0 fully saturated rings. The second kappa shape index (κ2) is 17.4. The molecule has 46 heavy (non-hydrogen) atoms. The number of thioether (sulfide) groups is 1. The maximum atomic E-state index is 14.1. The monoisotopic (exact) mass is 731 g/mol. The molecule has 0 aromatic heterocycles. The molecule has 3 aromatic rings. The quantitative estimate of drug-likeness (QED) is 0.149. The van der Waals surface area contributed by atoms with Gasteiger partial charge in [0.25, 0.3) is 0 Å². The summed E-state index contributed by atoms with van der Waals surface area (Å²) in [6.07, 6.45) is -0.0941. The second-order valence-corrected chi connectivity index (χ2v) is 20.3. The fraction of sp³-hybridized carbons (Fsp3) is 0.303. The van der Waals surface area contributed by atoms with Crippen LogP contribution in [0.5, 0.6) is 0 Å². The first-order valence-electron chi connectivity index (χ1n) is 14.6. The molecule has 0 spiro atoms. The van der Waals surface area contributed by atoms with Crippen molar-refractivity contribution in [2.45, 2.75) is 31.8 Å². The summed E-state index contributed by atoms with van der Waals surface area (Å²) in [5.74, 6) is -2.63. The van der Waals surface area contributed by atoms with E-state index in [0.29, 0.717) is 0 Å². The molecule has 13 heteroatoms. The Morgan fingerprint density at radius 1 is 0.870 bits per heavy atom. The molecule has 0 saturated carbocycles. The number of nitrogens with one attached hydrogen (secondary N) is 2. The van der Waals surface area contributed by atoms with Crippen LogP contribution in [-0.4, -0.2) is 73.1 Å². The van der Waals surface area contributed by atoms with E-state index in [4.69, 9.17) is 10.5 Å². The van der Waals surface area contributed by atoms with Crippen molar-refractivity contribution in [2.24, 2.45) is 5.73 Å². The molecule has 3 rings (SSSR count). The molecule has 0 aliphatic heterocycles. The van der Waals surface area contributed by atoms with Crippen molar-refractivity contribution in [3.8, 4) is 0 Å². The van der Waals surface area contributed by atoms with Crippen molar-refractivity contribution in [2.75, 3.05) is 32.2 Å². The molecule has 0 radical (unpaired) electrons. The van der Waals surface area contributed by atoms with E-state index in [1.807, 2.05) is 91.0 Å². The van der Waals surface area contributed by atoms with Crippen LogP contribution in [0.2, 0.25) is 0 Å². The zero-order chi connectivity index (χ0) is 33.6. The van der Waals surface area contributed by atoms with Gasteiger partial charge >= 0.3 is 275 Å². The average molecular weight is 733 g/mol. The molecule has 0 saturated heterocycles. The number of amides is 2. The van der Waals surface area contributed by atoms with Gasteiger partial charge in [0.05, 0.1) is 7.11 Å². The number of carbonyl (C=O) groups is 5. The van der Waals surface area contributed by atoms with Crippen LogP contribution in [0.3, 0.4) is 0 Å². The molecule has 0 heterocycles. The molecule has 0 bridgehead atoms. The first kappa shape index (κ1) is 36.9. The Hall–Kier alpha value is -3.57. The number of hydrogen-bond acceptors (Lipinski definition) is 9. The van der Waals surface area contributed by atoms with Gasteiger partial charge in [0.15, 0.2) is 0 Å². The van der Waals surface area contributed by atoms with Gasteiger partial charge in [-0.15, -0.1) is 0 Å². The summed E-state index contributed by atoms with van der Waals surface area (Å²) in [5, 5.41) is 4.17. The van der Waals surface area contributed by atoms with Gasteiger partial charge in [0.1, 0.15) is 0 Å². The van der Waals surface area contributed by atoms with E-state index in [1.54, 1.807) is 6.92 Å². The minimum Gasteiger partial charge on any atom is 0.0806 e. The topological polar surface area (TPSA) is 154 Å². The van der Waals surface area contributed by atoms with Crippen LogP contribution in [0.15, 0.2) is 91.0 Å². The summed E-state index contributed by atoms with van der Waals surface area (Å²) in [5.41, 5.74) is 5.75. The summed E-state index contributed by atoms with van der Waals surface area (Å²) in [6, 6.07) is 27.3. The van der Waals surface area contributed by atoms with Gasteiger partial charge in [-0.1, -0.05) is 0 Å². The molecule has 0 aliphatic rings. The van der Waals surface area contributed by atoms with Crippen molar-refractivity contribution < 1.29 is 33.4 Å². The Bertz CT molecular complexity index is 1400. The van der Waals surface area contributed by atoms with Crippen LogP contribution in [0, 0.1) is 0 Å². The number of esters is 2. The molecular formula is C33H39BrN3O7PS. The van der Waals surface area contributed by atoms with Gasteiger partial charge in [-0.3, -0.25) is 0 Å². The van der Waals surface area contributed by atoms with Crippen LogP contribution in [-0.2, 0) is 33.4 Å². The van der Waals surface area contributed by atoms with Crippen molar-refractivity contribution in [3.63, 3.8) is 0 Å². The SMILES string of the molecule is CCOC(=O)CNC(=O)[C@H](CSC(=O)CP(Br)(c1ccccc1)(c1ccccc1)c1ccccc1)NC(=O)CC[C@H](N)C(=O)OC. The smallest absolute Gasteiger partial charge is 0.0806 e. The van der Waals surface area contributed by atoms with Gasteiger partial charge in [-0.05, 0) is 0 Å². The predicted molar refractivity (Wildman–Crippen MR) is 187 cm³/mol. The third-order valence-electron chi connectivity index (χ3n) is 7.27. The summed E-state index contributed by atoms with van der Waals surface area (Å²) >= 11 is 5.16. The molecule has 0 aliphatic carbocycles. The first-order valence-corrected chi connectivity index (χ1v) is 20.1. The van der Waals surface area contributed by atoms with Gasteiger partial charge in [-0.25, -0.2) is 0 Å². The summed E-state index contributed by atoms with van der Waals surface area (Å²) in [7, 11) is 1.20. The number of carbonyl (C=O) groups excluding carboxylic acids is 5. The molecular weight excluding hydrogens is 693 g/mol. The normalized spacial score (nSPS) is 13.3. The van der Waals surface area contributed by atoms with Crippen LogP contribution >= 0.6 is 32.6 Å². The van der Waals surface area contributed by atoms with Gasteiger partial charge in [0.2, 0.25) is 0 Å². The first-order chi connectivity index (χ1) is 22.0. The van der Waals surface area contributed by atoms with Crippen molar-refractivity contribution in [3.05, 3.63) is 91.0 Å². The Labute approximate surface area is 281 Å². The third kappa shape index (κ3) is 9.25. The number of hydrogen-bond donors (Lipinski definition) is 3. The number of halogens is 1. The Morgan fingerprint density at radius 2 is 1.37 bits per heavy atom. The number of ether oxygens (including phenoxy) is 2. The number of methoxy groups -OCH3 is 1. The Balaban J connectivity index is 1.89. The van der Waals surface area contributed by atoms with E-state index < -0.39 is 47.7 Å². The molecule has 246 valence electrons. The zero-order valence-electron chi connectivity index (χ0n) is 25.7. The zero-order valence-corrected chi connectivity index (χ0v) is 29.0. The number of nitrogens with two attached hydrogens (primary N) is 1. The second-order valence-electron chi connectivity index (χ2n) is 10.3. The molecule has 3 aromatic carbocycles. The summed E-state index contributed by atoms with van der Waals surface area (Å²) < 4.78 is 9.48. The van der Waals surface area contributed by atoms with E-state index in [-0.39, 0.29) is 36.5 Å². The number of benzene rings is 3. The average Bonchev–Trinajstić information content (AvgIpc) is 3.08. The van der Waals surface area contributed by atoms with E-state index in [2.05, 4.69) is 30.9 Å². The van der Waals surface area contributed by atoms with E-state index in [1.165, 1.54) is 7.11 Å². The van der Waals surface area contributed by atoms with Gasteiger partial charge < -0.3 is 0 Å². The fourth-order valence-corrected chi connectivity index (χ4v) is 14.2. The van der Waals surface area contributed by atoms with Crippen molar-refractivity contribution in [1.29, 1.82) is 0 Å². The third-order valence-corrected chi connectivity index (χ3v) is 17.9. The fourth-order valence-electron chi connectivity index (χ4n) is 4.90. The maximum absolute atomic E-state index is 14.1. The van der Waals surface area contributed by atoms with Gasteiger partial charge in [0, 0.05) is 0 Å². The summed E-state index contributed by atoms with van der Waals surface area (Å²) in [6.45, 7) is 1.38. The van der Waals surface area contributed by atoms with Crippen molar-refractivity contribution in [1.82, 2.24) is 10.6 Å². The van der Waals surface area contributed by atoms with Crippen LogP contribution in [0.25, 0.3) is 0 Å². The molecule has 10 nitrogen and oxygen atoms in total. The van der Waals surface area contributed by atoms with E-state index in [0.717, 1.165) is 27.7 Å². The Morgan fingerprint density at radius 3 is 1.83 bits per heavy atom. The molecule has 0 unspecified atom stereocenters. The molecule has 2 atom stereocenters. The standard InChI is InChI=1S/C33H39BrN3O7PS/c1-3-44-30(39)21-36-32(41)28(37-29(38)20-19-27(35)33(42)43-2)23-46-31(40)22-45(34,24-13-7-4-8-14-24,25-15-9-5-10-16-25)26-17-11-6-12-18-26/h4-18,27-28H,3,19-23,35H2,1-2H3,(H,36,41)(H,37,38)/t27-,28-/m0/s1. The minimum absolute atomic E-state index is 0.00875. The molecule has 2 amide bonds. The number of rotatable bonds is 16. The summed E-state index contributed by atoms with van der Waals surface area (Å²) in [4.78, 5) is 63.5. The van der Waals surface area contributed by atoms with E-state index >= 15 is 0 Å². The Kier molecular flexibility index (Phi) is 13.9. The minimum atomic E-state index is -3.58. The van der Waals surface area contributed by atoms with E-state index in [9.17, 15) is 24.0 Å². The van der Waals surface area contributed by atoms with Crippen LogP contribution in [0.1, 0.15) is 19.8 Å². The molecule has 4 N–H and O–H groups in total. The van der Waals surface area contributed by atoms with Gasteiger partial charge in [-0.2, -0.15) is 0 Å².